The molecule has 1 nitrogen and oxygen atoms in total. The summed E-state index contributed by atoms with van der Waals surface area (Å²) in [7, 11) is 0. The largest absolute Gasteiger partial charge is 0.327 e. The first-order valence-corrected chi connectivity index (χ1v) is 5.45. The van der Waals surface area contributed by atoms with E-state index in [1.54, 1.807) is 0 Å². The van der Waals surface area contributed by atoms with Crippen LogP contribution in [-0.2, 0) is 0 Å². The number of benzene rings is 1. The Balaban J connectivity index is 2.16. The maximum Gasteiger partial charge on any atom is 0.123 e. The van der Waals surface area contributed by atoms with Crippen molar-refractivity contribution in [2.45, 2.75) is 32.7 Å². The molecule has 1 aromatic carbocycles. The van der Waals surface area contributed by atoms with Gasteiger partial charge >= 0.3 is 0 Å². The van der Waals surface area contributed by atoms with Gasteiger partial charge in [-0.1, -0.05) is 32.9 Å². The summed E-state index contributed by atoms with van der Waals surface area (Å²) in [5.41, 5.74) is 7.45. The smallest absolute Gasteiger partial charge is 0.123 e. The van der Waals surface area contributed by atoms with Crippen LogP contribution < -0.4 is 5.73 Å². The van der Waals surface area contributed by atoms with Gasteiger partial charge < -0.3 is 5.73 Å². The Bertz CT molecular complexity index is 355. The van der Waals surface area contributed by atoms with Crippen molar-refractivity contribution in [3.05, 3.63) is 35.6 Å². The number of rotatable bonds is 2. The van der Waals surface area contributed by atoms with Crippen LogP contribution in [0.5, 0.6) is 0 Å². The van der Waals surface area contributed by atoms with Gasteiger partial charge in [0.15, 0.2) is 0 Å². The lowest BCUT2D eigenvalue weighted by Crippen LogP contribution is -2.08. The van der Waals surface area contributed by atoms with Gasteiger partial charge in [-0.2, -0.15) is 0 Å². The summed E-state index contributed by atoms with van der Waals surface area (Å²) in [6.45, 7) is 6.57. The molecule has 3 atom stereocenters. The molecule has 2 N–H and O–H groups in total. The van der Waals surface area contributed by atoms with Gasteiger partial charge in [-0.3, -0.25) is 0 Å². The Kier molecular flexibility index (Phi) is 2.34. The lowest BCUT2D eigenvalue weighted by atomic mass is 9.92. The van der Waals surface area contributed by atoms with E-state index in [0.29, 0.717) is 11.8 Å². The van der Waals surface area contributed by atoms with Crippen molar-refractivity contribution < 1.29 is 4.39 Å². The highest BCUT2D eigenvalue weighted by Crippen LogP contribution is 2.57. The summed E-state index contributed by atoms with van der Waals surface area (Å²) in [5.74, 6) is 0.754. The number of hydrogen-bond donors (Lipinski definition) is 1. The van der Waals surface area contributed by atoms with Crippen LogP contribution in [0.4, 0.5) is 4.39 Å². The van der Waals surface area contributed by atoms with Gasteiger partial charge in [0.05, 0.1) is 0 Å². The fourth-order valence-electron chi connectivity index (χ4n) is 2.65. The first kappa shape index (κ1) is 10.6. The monoisotopic (exact) mass is 207 g/mol. The maximum absolute atomic E-state index is 12.8. The van der Waals surface area contributed by atoms with Crippen LogP contribution >= 0.6 is 0 Å². The van der Waals surface area contributed by atoms with E-state index < -0.39 is 0 Å². The quantitative estimate of drug-likeness (QED) is 0.792. The highest BCUT2D eigenvalue weighted by atomic mass is 19.1. The molecule has 1 fully saturated rings. The SMILES string of the molecule is CC(c1ccc(F)cc1)[C@@H]1[C@@H](N)C1(C)C. The molecule has 15 heavy (non-hydrogen) atoms. The summed E-state index contributed by atoms with van der Waals surface area (Å²) < 4.78 is 12.8. The molecule has 0 aromatic heterocycles. The summed E-state index contributed by atoms with van der Waals surface area (Å²) in [4.78, 5) is 0. The standard InChI is InChI=1S/C13H18FN/c1-8(11-12(15)13(11,2)3)9-4-6-10(14)7-5-9/h4-8,11-12H,15H2,1-3H3/t8?,11-,12-/m1/s1. The summed E-state index contributed by atoms with van der Waals surface area (Å²) in [6.07, 6.45) is 0. The summed E-state index contributed by atoms with van der Waals surface area (Å²) in [5, 5.41) is 0. The molecule has 2 heteroatoms. The molecule has 2 rings (SSSR count). The van der Waals surface area contributed by atoms with Gasteiger partial charge in [0.25, 0.3) is 0 Å². The molecule has 1 unspecified atom stereocenters. The maximum atomic E-state index is 12.8. The fourth-order valence-corrected chi connectivity index (χ4v) is 2.65. The van der Waals surface area contributed by atoms with E-state index in [4.69, 9.17) is 5.73 Å². The molecular weight excluding hydrogens is 189 g/mol. The van der Waals surface area contributed by atoms with Gasteiger partial charge in [0.1, 0.15) is 5.82 Å². The molecule has 1 aromatic rings. The predicted octanol–water partition coefficient (Wildman–Crippen LogP) is 2.91. The molecule has 0 radical (unpaired) electrons. The van der Waals surface area contributed by atoms with Crippen molar-refractivity contribution >= 4 is 0 Å². The second-order valence-corrected chi connectivity index (χ2v) is 5.21. The lowest BCUT2D eigenvalue weighted by molar-refractivity contribution is 0.502. The fraction of sp³-hybridized carbons (Fsp3) is 0.538. The zero-order valence-corrected chi connectivity index (χ0v) is 9.50. The van der Waals surface area contributed by atoms with Crippen LogP contribution in [0.1, 0.15) is 32.3 Å². The van der Waals surface area contributed by atoms with Crippen molar-refractivity contribution in [1.29, 1.82) is 0 Å². The van der Waals surface area contributed by atoms with E-state index >= 15 is 0 Å². The molecule has 0 spiro atoms. The van der Waals surface area contributed by atoms with Gasteiger partial charge in [0, 0.05) is 6.04 Å². The van der Waals surface area contributed by atoms with Crippen LogP contribution in [0, 0.1) is 17.2 Å². The van der Waals surface area contributed by atoms with Gasteiger partial charge in [-0.25, -0.2) is 4.39 Å². The Morgan fingerprint density at radius 2 is 1.73 bits per heavy atom. The second-order valence-electron chi connectivity index (χ2n) is 5.21. The average Bonchev–Trinajstić information content (AvgIpc) is 2.66. The van der Waals surface area contributed by atoms with Crippen LogP contribution in [-0.4, -0.2) is 6.04 Å². The van der Waals surface area contributed by atoms with E-state index in [9.17, 15) is 4.39 Å². The van der Waals surface area contributed by atoms with Crippen molar-refractivity contribution in [2.75, 3.05) is 0 Å². The zero-order valence-electron chi connectivity index (χ0n) is 9.50. The average molecular weight is 207 g/mol. The molecule has 0 amide bonds. The third-order valence-electron chi connectivity index (χ3n) is 3.93. The third kappa shape index (κ3) is 1.67. The molecule has 1 aliphatic rings. The van der Waals surface area contributed by atoms with Crippen LogP contribution in [0.15, 0.2) is 24.3 Å². The number of nitrogens with two attached hydrogens (primary N) is 1. The minimum Gasteiger partial charge on any atom is -0.327 e. The molecular formula is C13H18FN. The van der Waals surface area contributed by atoms with Crippen LogP contribution in [0.2, 0.25) is 0 Å². The zero-order chi connectivity index (χ0) is 11.2. The molecule has 0 aliphatic heterocycles. The van der Waals surface area contributed by atoms with Crippen LogP contribution in [0.25, 0.3) is 0 Å². The van der Waals surface area contributed by atoms with Crippen molar-refractivity contribution in [3.63, 3.8) is 0 Å². The Labute approximate surface area is 90.5 Å². The number of halogens is 1. The van der Waals surface area contributed by atoms with E-state index in [2.05, 4.69) is 20.8 Å². The minimum atomic E-state index is -0.176. The Morgan fingerprint density at radius 3 is 2.13 bits per heavy atom. The first-order valence-electron chi connectivity index (χ1n) is 5.45. The summed E-state index contributed by atoms with van der Waals surface area (Å²) in [6, 6.07) is 7.04. The van der Waals surface area contributed by atoms with Gasteiger partial charge in [-0.15, -0.1) is 0 Å². The van der Waals surface area contributed by atoms with Crippen molar-refractivity contribution in [1.82, 2.24) is 0 Å². The summed E-state index contributed by atoms with van der Waals surface area (Å²) >= 11 is 0. The third-order valence-corrected chi connectivity index (χ3v) is 3.93. The molecule has 1 saturated carbocycles. The van der Waals surface area contributed by atoms with Gasteiger partial charge in [-0.05, 0) is 34.9 Å². The van der Waals surface area contributed by atoms with Crippen molar-refractivity contribution in [2.24, 2.45) is 17.1 Å². The van der Waals surface area contributed by atoms with Gasteiger partial charge in [0.2, 0.25) is 0 Å². The predicted molar refractivity (Wildman–Crippen MR) is 60.1 cm³/mol. The highest BCUT2D eigenvalue weighted by Gasteiger charge is 2.57. The topological polar surface area (TPSA) is 26.0 Å². The normalized spacial score (nSPS) is 29.9. The molecule has 0 heterocycles. The number of hydrogen-bond acceptors (Lipinski definition) is 1. The first-order chi connectivity index (χ1) is 6.94. The Morgan fingerprint density at radius 1 is 1.27 bits per heavy atom. The van der Waals surface area contributed by atoms with E-state index in [0.717, 1.165) is 0 Å². The molecule has 0 bridgehead atoms. The Hall–Kier alpha value is -0.890. The van der Waals surface area contributed by atoms with Crippen molar-refractivity contribution in [3.8, 4) is 0 Å². The second kappa shape index (κ2) is 3.31. The van der Waals surface area contributed by atoms with E-state index in [1.165, 1.54) is 17.7 Å². The minimum absolute atomic E-state index is 0.176. The lowest BCUT2D eigenvalue weighted by Gasteiger charge is -2.13. The highest BCUT2D eigenvalue weighted by molar-refractivity contribution is 5.26. The van der Waals surface area contributed by atoms with Crippen LogP contribution in [0.3, 0.4) is 0 Å². The molecule has 1 aliphatic carbocycles. The molecule has 0 saturated heterocycles. The van der Waals surface area contributed by atoms with E-state index in [1.807, 2.05) is 12.1 Å². The molecule has 82 valence electrons. The van der Waals surface area contributed by atoms with E-state index in [-0.39, 0.29) is 17.3 Å².